The van der Waals surface area contributed by atoms with Crippen LogP contribution < -0.4 is 10.6 Å². The van der Waals surface area contributed by atoms with Gasteiger partial charge in [0.1, 0.15) is 0 Å². The molecule has 0 saturated carbocycles. The van der Waals surface area contributed by atoms with Crippen LogP contribution in [0.1, 0.15) is 26.2 Å². The van der Waals surface area contributed by atoms with Gasteiger partial charge in [0, 0.05) is 32.9 Å². The van der Waals surface area contributed by atoms with Crippen LogP contribution in [0.4, 0.5) is 0 Å². The zero-order chi connectivity index (χ0) is 11.6. The Hall–Kier alpha value is -0.390. The van der Waals surface area contributed by atoms with Crippen molar-refractivity contribution >= 4 is 17.3 Å². The lowest BCUT2D eigenvalue weighted by atomic mass is 10.2. The van der Waals surface area contributed by atoms with Crippen molar-refractivity contribution in [3.8, 4) is 0 Å². The molecule has 2 N–H and O–H groups in total. The van der Waals surface area contributed by atoms with Crippen LogP contribution in [-0.4, -0.2) is 44.1 Å². The van der Waals surface area contributed by atoms with E-state index in [4.69, 9.17) is 21.7 Å². The fourth-order valence-electron chi connectivity index (χ4n) is 1.59. The minimum atomic E-state index is 0.336. The Labute approximate surface area is 103 Å². The summed E-state index contributed by atoms with van der Waals surface area (Å²) >= 11 is 5.15. The molecule has 1 unspecified atom stereocenters. The maximum atomic E-state index is 5.49. The van der Waals surface area contributed by atoms with Crippen molar-refractivity contribution in [2.45, 2.75) is 32.3 Å². The highest BCUT2D eigenvalue weighted by Crippen LogP contribution is 2.10. The molecule has 1 aliphatic rings. The van der Waals surface area contributed by atoms with E-state index < -0.39 is 0 Å². The summed E-state index contributed by atoms with van der Waals surface area (Å²) in [5.74, 6) is 0. The van der Waals surface area contributed by atoms with Crippen molar-refractivity contribution in [3.63, 3.8) is 0 Å². The van der Waals surface area contributed by atoms with Gasteiger partial charge >= 0.3 is 0 Å². The van der Waals surface area contributed by atoms with E-state index in [1.807, 2.05) is 6.92 Å². The first-order valence-electron chi connectivity index (χ1n) is 6.04. The molecular formula is C11H22N2O2S. The van der Waals surface area contributed by atoms with Crippen LogP contribution in [0.15, 0.2) is 0 Å². The lowest BCUT2D eigenvalue weighted by Crippen LogP contribution is -2.39. The summed E-state index contributed by atoms with van der Waals surface area (Å²) < 4.78 is 10.7. The second-order valence-electron chi connectivity index (χ2n) is 3.82. The molecule has 94 valence electrons. The van der Waals surface area contributed by atoms with Crippen molar-refractivity contribution in [2.75, 3.05) is 32.9 Å². The van der Waals surface area contributed by atoms with Crippen molar-refractivity contribution in [2.24, 2.45) is 0 Å². The second kappa shape index (κ2) is 8.73. The van der Waals surface area contributed by atoms with Gasteiger partial charge < -0.3 is 20.1 Å². The van der Waals surface area contributed by atoms with Crippen molar-refractivity contribution in [1.82, 2.24) is 10.6 Å². The topological polar surface area (TPSA) is 42.5 Å². The van der Waals surface area contributed by atoms with Gasteiger partial charge in [-0.15, -0.1) is 0 Å². The van der Waals surface area contributed by atoms with E-state index in [-0.39, 0.29) is 0 Å². The number of thiocarbonyl (C=S) groups is 1. The molecule has 0 aromatic rings. The predicted molar refractivity (Wildman–Crippen MR) is 68.7 cm³/mol. The molecule has 5 heteroatoms. The number of nitrogens with one attached hydrogen (secondary N) is 2. The van der Waals surface area contributed by atoms with Crippen molar-refractivity contribution in [3.05, 3.63) is 0 Å². The summed E-state index contributed by atoms with van der Waals surface area (Å²) in [4.78, 5) is 0. The Morgan fingerprint density at radius 1 is 1.50 bits per heavy atom. The molecule has 1 atom stereocenters. The largest absolute Gasteiger partial charge is 0.382 e. The predicted octanol–water partition coefficient (Wildman–Crippen LogP) is 1.06. The summed E-state index contributed by atoms with van der Waals surface area (Å²) in [5.41, 5.74) is 0. The van der Waals surface area contributed by atoms with Crippen LogP contribution in [0.3, 0.4) is 0 Å². The van der Waals surface area contributed by atoms with Gasteiger partial charge in [0.05, 0.1) is 6.10 Å². The van der Waals surface area contributed by atoms with Crippen LogP contribution in [0.5, 0.6) is 0 Å². The first kappa shape index (κ1) is 13.7. The molecule has 0 aromatic heterocycles. The minimum absolute atomic E-state index is 0.336. The molecule has 1 rings (SSSR count). The molecule has 16 heavy (non-hydrogen) atoms. The maximum absolute atomic E-state index is 5.49. The monoisotopic (exact) mass is 246 g/mol. The summed E-state index contributed by atoms with van der Waals surface area (Å²) in [6, 6.07) is 0. The average Bonchev–Trinajstić information content (AvgIpc) is 2.79. The molecule has 0 aromatic carbocycles. The highest BCUT2D eigenvalue weighted by Gasteiger charge is 2.14. The molecule has 0 spiro atoms. The quantitative estimate of drug-likeness (QED) is 0.519. The van der Waals surface area contributed by atoms with Crippen LogP contribution in [0.2, 0.25) is 0 Å². The molecule has 4 nitrogen and oxygen atoms in total. The van der Waals surface area contributed by atoms with E-state index in [1.165, 1.54) is 6.42 Å². The number of hydrogen-bond acceptors (Lipinski definition) is 3. The number of hydrogen-bond donors (Lipinski definition) is 2. The molecule has 0 bridgehead atoms. The second-order valence-corrected chi connectivity index (χ2v) is 4.23. The lowest BCUT2D eigenvalue weighted by Gasteiger charge is -2.13. The molecule has 1 aliphatic heterocycles. The summed E-state index contributed by atoms with van der Waals surface area (Å²) in [5, 5.41) is 7.04. The third-order valence-electron chi connectivity index (χ3n) is 2.47. The molecule has 0 amide bonds. The third-order valence-corrected chi connectivity index (χ3v) is 2.76. The fraction of sp³-hybridized carbons (Fsp3) is 0.909. The van der Waals surface area contributed by atoms with Crippen LogP contribution in [0, 0.1) is 0 Å². The van der Waals surface area contributed by atoms with Gasteiger partial charge in [-0.2, -0.15) is 0 Å². The minimum Gasteiger partial charge on any atom is -0.382 e. The Kier molecular flexibility index (Phi) is 7.46. The SMILES string of the molecule is CCOCCCNC(=S)NCC1CCCO1. The highest BCUT2D eigenvalue weighted by atomic mass is 32.1. The smallest absolute Gasteiger partial charge is 0.166 e. The van der Waals surface area contributed by atoms with E-state index in [0.29, 0.717) is 11.2 Å². The molecule has 1 fully saturated rings. The zero-order valence-corrected chi connectivity index (χ0v) is 10.8. The molecule has 0 radical (unpaired) electrons. The summed E-state index contributed by atoms with van der Waals surface area (Å²) in [7, 11) is 0. The van der Waals surface area contributed by atoms with Gasteiger partial charge in [0.15, 0.2) is 5.11 Å². The third kappa shape index (κ3) is 6.25. The van der Waals surface area contributed by atoms with Gasteiger partial charge in [-0.3, -0.25) is 0 Å². The molecule has 0 aliphatic carbocycles. The van der Waals surface area contributed by atoms with Gasteiger partial charge in [-0.25, -0.2) is 0 Å². The van der Waals surface area contributed by atoms with Crippen LogP contribution in [-0.2, 0) is 9.47 Å². The van der Waals surface area contributed by atoms with Gasteiger partial charge in [-0.1, -0.05) is 0 Å². The Bertz CT molecular complexity index is 196. The normalized spacial score (nSPS) is 19.7. The average molecular weight is 246 g/mol. The van der Waals surface area contributed by atoms with Gasteiger partial charge in [0.25, 0.3) is 0 Å². The maximum Gasteiger partial charge on any atom is 0.166 e. The summed E-state index contributed by atoms with van der Waals surface area (Å²) in [6.07, 6.45) is 3.62. The molecule has 1 saturated heterocycles. The number of rotatable bonds is 7. The molecule has 1 heterocycles. The summed E-state index contributed by atoms with van der Waals surface area (Å²) in [6.45, 7) is 6.14. The molecular weight excluding hydrogens is 224 g/mol. The van der Waals surface area contributed by atoms with E-state index in [1.54, 1.807) is 0 Å². The first-order valence-corrected chi connectivity index (χ1v) is 6.44. The van der Waals surface area contributed by atoms with Crippen LogP contribution in [0.25, 0.3) is 0 Å². The van der Waals surface area contributed by atoms with Gasteiger partial charge in [0.2, 0.25) is 0 Å². The Balaban J connectivity index is 1.90. The first-order chi connectivity index (χ1) is 7.83. The lowest BCUT2D eigenvalue weighted by molar-refractivity contribution is 0.114. The Morgan fingerprint density at radius 3 is 3.06 bits per heavy atom. The van der Waals surface area contributed by atoms with Crippen LogP contribution >= 0.6 is 12.2 Å². The zero-order valence-electron chi connectivity index (χ0n) is 9.96. The van der Waals surface area contributed by atoms with E-state index >= 15 is 0 Å². The van der Waals surface area contributed by atoms with Gasteiger partial charge in [-0.05, 0) is 38.4 Å². The van der Waals surface area contributed by atoms with E-state index in [9.17, 15) is 0 Å². The standard InChI is InChI=1S/C11H22N2O2S/c1-2-14-7-4-6-12-11(16)13-9-10-5-3-8-15-10/h10H,2-9H2,1H3,(H2,12,13,16). The van der Waals surface area contributed by atoms with Crippen molar-refractivity contribution in [1.29, 1.82) is 0 Å². The van der Waals surface area contributed by atoms with E-state index in [0.717, 1.165) is 45.8 Å². The van der Waals surface area contributed by atoms with Crippen molar-refractivity contribution < 1.29 is 9.47 Å². The number of ether oxygens (including phenoxy) is 2. The highest BCUT2D eigenvalue weighted by molar-refractivity contribution is 7.80. The Morgan fingerprint density at radius 2 is 2.38 bits per heavy atom. The fourth-order valence-corrected chi connectivity index (χ4v) is 1.78. The van der Waals surface area contributed by atoms with E-state index in [2.05, 4.69) is 10.6 Å².